The largest absolute Gasteiger partial charge is 0.493 e. The zero-order chi connectivity index (χ0) is 13.4. The molecule has 0 aromatic heterocycles. The minimum absolute atomic E-state index is 0.240. The Morgan fingerprint density at radius 3 is 2.61 bits per heavy atom. The molecule has 0 saturated carbocycles. The third-order valence-electron chi connectivity index (χ3n) is 2.71. The van der Waals surface area contributed by atoms with Crippen LogP contribution < -0.4 is 9.47 Å². The van der Waals surface area contributed by atoms with Crippen LogP contribution in [0.2, 0.25) is 0 Å². The van der Waals surface area contributed by atoms with Crippen molar-refractivity contribution in [2.24, 2.45) is 0 Å². The number of ketones is 1. The van der Waals surface area contributed by atoms with Crippen molar-refractivity contribution < 1.29 is 14.3 Å². The molecule has 3 nitrogen and oxygen atoms in total. The summed E-state index contributed by atoms with van der Waals surface area (Å²) < 4.78 is 10.4. The molecule has 0 amide bonds. The summed E-state index contributed by atoms with van der Waals surface area (Å²) in [5.74, 6) is 1.58. The van der Waals surface area contributed by atoms with Gasteiger partial charge in [0.2, 0.25) is 0 Å². The Kier molecular flexibility index (Phi) is 5.98. The van der Waals surface area contributed by atoms with Crippen LogP contribution in [0.5, 0.6) is 11.5 Å². The summed E-state index contributed by atoms with van der Waals surface area (Å²) in [5, 5.41) is 0. The maximum Gasteiger partial charge on any atom is 0.161 e. The van der Waals surface area contributed by atoms with E-state index in [0.717, 1.165) is 18.4 Å². The van der Waals surface area contributed by atoms with Crippen LogP contribution in [0.25, 0.3) is 0 Å². The van der Waals surface area contributed by atoms with Crippen molar-refractivity contribution >= 4 is 5.78 Å². The molecule has 1 rings (SSSR count). The highest BCUT2D eigenvalue weighted by Gasteiger charge is 2.08. The molecule has 0 heterocycles. The first kappa shape index (κ1) is 14.3. The average Bonchev–Trinajstić information content (AvgIpc) is 2.39. The zero-order valence-corrected chi connectivity index (χ0v) is 11.1. The summed E-state index contributed by atoms with van der Waals surface area (Å²) in [7, 11) is 3.19. The van der Waals surface area contributed by atoms with Gasteiger partial charge in [-0.15, -0.1) is 6.58 Å². The summed E-state index contributed by atoms with van der Waals surface area (Å²) in [4.78, 5) is 11.7. The van der Waals surface area contributed by atoms with Crippen molar-refractivity contribution in [3.8, 4) is 11.5 Å². The first-order chi connectivity index (χ1) is 8.71. The Hall–Kier alpha value is -1.77. The number of rotatable bonds is 8. The quantitative estimate of drug-likeness (QED) is 0.523. The van der Waals surface area contributed by atoms with Gasteiger partial charge < -0.3 is 9.47 Å². The number of ether oxygens (including phenoxy) is 2. The predicted octanol–water partition coefficient (Wildman–Crippen LogP) is 3.17. The molecule has 18 heavy (non-hydrogen) atoms. The number of unbranched alkanes of at least 4 members (excludes halogenated alkanes) is 1. The van der Waals surface area contributed by atoms with E-state index in [1.54, 1.807) is 14.2 Å². The van der Waals surface area contributed by atoms with Crippen LogP contribution in [0.4, 0.5) is 0 Å². The number of hydrogen-bond donors (Lipinski definition) is 0. The predicted molar refractivity (Wildman–Crippen MR) is 72.3 cm³/mol. The molecule has 3 heteroatoms. The maximum absolute atomic E-state index is 11.7. The standard InChI is InChI=1S/C15H20O3/c1-4-5-6-7-13(16)10-12-8-9-14(17-2)15(11-12)18-3/h4,8-9,11H,1,5-7,10H2,2-3H3. The molecule has 98 valence electrons. The third-order valence-corrected chi connectivity index (χ3v) is 2.71. The van der Waals surface area contributed by atoms with Crippen LogP contribution in [0, 0.1) is 0 Å². The fourth-order valence-corrected chi connectivity index (χ4v) is 1.75. The molecule has 0 radical (unpaired) electrons. The van der Waals surface area contributed by atoms with E-state index in [1.165, 1.54) is 0 Å². The number of allylic oxidation sites excluding steroid dienone is 1. The monoisotopic (exact) mass is 248 g/mol. The fourth-order valence-electron chi connectivity index (χ4n) is 1.75. The van der Waals surface area contributed by atoms with E-state index in [2.05, 4.69) is 6.58 Å². The minimum Gasteiger partial charge on any atom is -0.493 e. The van der Waals surface area contributed by atoms with E-state index in [9.17, 15) is 4.79 Å². The van der Waals surface area contributed by atoms with Gasteiger partial charge in [-0.3, -0.25) is 4.79 Å². The zero-order valence-electron chi connectivity index (χ0n) is 11.1. The molecule has 0 aliphatic carbocycles. The SMILES string of the molecule is C=CCCCC(=O)Cc1ccc(OC)c(OC)c1. The van der Waals surface area contributed by atoms with Crippen molar-refractivity contribution in [2.45, 2.75) is 25.7 Å². The number of methoxy groups -OCH3 is 2. The molecular weight excluding hydrogens is 228 g/mol. The van der Waals surface area contributed by atoms with Gasteiger partial charge in [-0.2, -0.15) is 0 Å². The van der Waals surface area contributed by atoms with E-state index in [0.29, 0.717) is 24.3 Å². The van der Waals surface area contributed by atoms with Crippen molar-refractivity contribution in [2.75, 3.05) is 14.2 Å². The lowest BCUT2D eigenvalue weighted by atomic mass is 10.0. The lowest BCUT2D eigenvalue weighted by Crippen LogP contribution is -2.03. The molecule has 0 atom stereocenters. The summed E-state index contributed by atoms with van der Waals surface area (Å²) in [6.45, 7) is 3.64. The number of benzene rings is 1. The molecule has 1 aromatic carbocycles. The lowest BCUT2D eigenvalue weighted by molar-refractivity contribution is -0.118. The van der Waals surface area contributed by atoms with E-state index >= 15 is 0 Å². The number of carbonyl (C=O) groups excluding carboxylic acids is 1. The smallest absolute Gasteiger partial charge is 0.161 e. The van der Waals surface area contributed by atoms with Crippen LogP contribution in [0.3, 0.4) is 0 Å². The van der Waals surface area contributed by atoms with Gasteiger partial charge in [0, 0.05) is 12.8 Å². The van der Waals surface area contributed by atoms with Gasteiger partial charge in [0.05, 0.1) is 14.2 Å². The van der Waals surface area contributed by atoms with Crippen molar-refractivity contribution in [3.05, 3.63) is 36.4 Å². The Balaban J connectivity index is 2.61. The van der Waals surface area contributed by atoms with Crippen LogP contribution in [0.15, 0.2) is 30.9 Å². The molecule has 0 fully saturated rings. The summed E-state index contributed by atoms with van der Waals surface area (Å²) in [6.07, 6.45) is 4.63. The molecule has 0 aliphatic heterocycles. The number of carbonyl (C=O) groups is 1. The molecule has 0 unspecified atom stereocenters. The second kappa shape index (κ2) is 7.54. The molecule has 1 aromatic rings. The Morgan fingerprint density at radius 2 is 2.00 bits per heavy atom. The van der Waals surface area contributed by atoms with E-state index in [-0.39, 0.29) is 5.78 Å². The average molecular weight is 248 g/mol. The van der Waals surface area contributed by atoms with Crippen LogP contribution in [0.1, 0.15) is 24.8 Å². The maximum atomic E-state index is 11.7. The summed E-state index contributed by atoms with van der Waals surface area (Å²) in [6, 6.07) is 5.57. The van der Waals surface area contributed by atoms with Gasteiger partial charge in [0.15, 0.2) is 11.5 Å². The molecular formula is C15H20O3. The molecule has 0 spiro atoms. The molecule has 0 saturated heterocycles. The van der Waals surface area contributed by atoms with Crippen molar-refractivity contribution in [1.82, 2.24) is 0 Å². The van der Waals surface area contributed by atoms with E-state index in [4.69, 9.17) is 9.47 Å². The van der Waals surface area contributed by atoms with Gasteiger partial charge in [0.1, 0.15) is 5.78 Å². The molecule has 0 bridgehead atoms. The number of Topliss-reactive ketones (excluding diaryl/α,β-unsaturated/α-hetero) is 1. The van der Waals surface area contributed by atoms with Gasteiger partial charge in [-0.05, 0) is 30.5 Å². The molecule has 0 N–H and O–H groups in total. The van der Waals surface area contributed by atoms with E-state index < -0.39 is 0 Å². The second-order valence-electron chi connectivity index (χ2n) is 4.09. The van der Waals surface area contributed by atoms with Gasteiger partial charge in [-0.25, -0.2) is 0 Å². The van der Waals surface area contributed by atoms with Crippen LogP contribution >= 0.6 is 0 Å². The first-order valence-electron chi connectivity index (χ1n) is 6.04. The van der Waals surface area contributed by atoms with Crippen molar-refractivity contribution in [1.29, 1.82) is 0 Å². The molecule has 0 aliphatic rings. The topological polar surface area (TPSA) is 35.5 Å². The first-order valence-corrected chi connectivity index (χ1v) is 6.04. The van der Waals surface area contributed by atoms with Crippen LogP contribution in [-0.4, -0.2) is 20.0 Å². The Bertz CT molecular complexity index is 410. The normalized spacial score (nSPS) is 9.89. The van der Waals surface area contributed by atoms with Gasteiger partial charge in [0.25, 0.3) is 0 Å². The Labute approximate surface area is 108 Å². The third kappa shape index (κ3) is 4.24. The highest BCUT2D eigenvalue weighted by atomic mass is 16.5. The Morgan fingerprint density at radius 1 is 1.28 bits per heavy atom. The van der Waals surface area contributed by atoms with Gasteiger partial charge in [-0.1, -0.05) is 12.1 Å². The number of hydrogen-bond acceptors (Lipinski definition) is 3. The minimum atomic E-state index is 0.240. The second-order valence-corrected chi connectivity index (χ2v) is 4.09. The highest BCUT2D eigenvalue weighted by Crippen LogP contribution is 2.27. The van der Waals surface area contributed by atoms with Gasteiger partial charge >= 0.3 is 0 Å². The lowest BCUT2D eigenvalue weighted by Gasteiger charge is -2.09. The summed E-state index contributed by atoms with van der Waals surface area (Å²) >= 11 is 0. The van der Waals surface area contributed by atoms with E-state index in [1.807, 2.05) is 24.3 Å². The van der Waals surface area contributed by atoms with Crippen molar-refractivity contribution in [3.63, 3.8) is 0 Å². The fraction of sp³-hybridized carbons (Fsp3) is 0.400. The van der Waals surface area contributed by atoms with Crippen LogP contribution in [-0.2, 0) is 11.2 Å². The summed E-state index contributed by atoms with van der Waals surface area (Å²) in [5.41, 5.74) is 0.955. The highest BCUT2D eigenvalue weighted by molar-refractivity contribution is 5.81.